The van der Waals surface area contributed by atoms with Crippen LogP contribution in [-0.2, 0) is 6.54 Å². The summed E-state index contributed by atoms with van der Waals surface area (Å²) in [5, 5.41) is 16.8. The first-order valence-corrected chi connectivity index (χ1v) is 10.2. The fraction of sp³-hybridized carbons (Fsp3) is 0.435. The predicted octanol–water partition coefficient (Wildman–Crippen LogP) is 3.42. The average molecular weight is 526 g/mol. The lowest BCUT2D eigenvalue weighted by molar-refractivity contribution is 0.168. The predicted molar refractivity (Wildman–Crippen MR) is 135 cm³/mol. The lowest BCUT2D eigenvalue weighted by atomic mass is 10.1. The van der Waals surface area contributed by atoms with E-state index in [4.69, 9.17) is 4.74 Å². The standard InChI is InChI=1S/C23H34N4O2.HI/c1-4-24-23(25-14-13-22(28)20-10-6-5-7-11-20)26-18-19-9-8-12-21(17-19)29-16-15-27(2)3;/h5-12,17,22,28H,4,13-16,18H2,1-3H3,(H2,24,25,26);1H. The summed E-state index contributed by atoms with van der Waals surface area (Å²) in [6, 6.07) is 17.8. The minimum Gasteiger partial charge on any atom is -0.492 e. The normalized spacial score (nSPS) is 12.2. The number of rotatable bonds is 11. The van der Waals surface area contributed by atoms with Crippen LogP contribution in [0.2, 0.25) is 0 Å². The first-order valence-electron chi connectivity index (χ1n) is 10.2. The third-order valence-electron chi connectivity index (χ3n) is 4.36. The Morgan fingerprint density at radius 3 is 2.57 bits per heavy atom. The van der Waals surface area contributed by atoms with Crippen molar-refractivity contribution >= 4 is 29.9 Å². The Hall–Kier alpha value is -1.84. The molecule has 1 unspecified atom stereocenters. The zero-order chi connectivity index (χ0) is 20.9. The van der Waals surface area contributed by atoms with Crippen molar-refractivity contribution in [2.75, 3.05) is 40.3 Å². The van der Waals surface area contributed by atoms with E-state index in [-0.39, 0.29) is 24.0 Å². The molecule has 3 N–H and O–H groups in total. The molecule has 0 aliphatic carbocycles. The fourth-order valence-corrected chi connectivity index (χ4v) is 2.76. The van der Waals surface area contributed by atoms with Gasteiger partial charge in [0.15, 0.2) is 5.96 Å². The highest BCUT2D eigenvalue weighted by Crippen LogP contribution is 2.15. The molecule has 1 atom stereocenters. The minimum absolute atomic E-state index is 0. The molecule has 0 fully saturated rings. The van der Waals surface area contributed by atoms with Crippen molar-refractivity contribution in [2.45, 2.75) is 26.0 Å². The summed E-state index contributed by atoms with van der Waals surface area (Å²) in [7, 11) is 4.06. The van der Waals surface area contributed by atoms with Crippen LogP contribution in [0.25, 0.3) is 0 Å². The zero-order valence-electron chi connectivity index (χ0n) is 18.2. The maximum atomic E-state index is 10.3. The molecule has 0 aliphatic heterocycles. The second kappa shape index (κ2) is 15.0. The van der Waals surface area contributed by atoms with Crippen LogP contribution in [0.1, 0.15) is 30.6 Å². The molecule has 2 aromatic rings. The SMILES string of the molecule is CCNC(=NCc1cccc(OCCN(C)C)c1)NCCC(O)c1ccccc1.I. The first-order chi connectivity index (χ1) is 14.1. The lowest BCUT2D eigenvalue weighted by Gasteiger charge is -2.14. The highest BCUT2D eigenvalue weighted by Gasteiger charge is 2.07. The highest BCUT2D eigenvalue weighted by atomic mass is 127. The van der Waals surface area contributed by atoms with Gasteiger partial charge in [-0.1, -0.05) is 42.5 Å². The molecule has 7 heteroatoms. The lowest BCUT2D eigenvalue weighted by Crippen LogP contribution is -2.38. The minimum atomic E-state index is -0.484. The van der Waals surface area contributed by atoms with Crippen molar-refractivity contribution in [3.05, 3.63) is 65.7 Å². The number of likely N-dealkylation sites (N-methyl/N-ethyl adjacent to an activating group) is 1. The monoisotopic (exact) mass is 526 g/mol. The molecule has 2 rings (SSSR count). The van der Waals surface area contributed by atoms with E-state index >= 15 is 0 Å². The van der Waals surface area contributed by atoms with Crippen LogP contribution in [0.3, 0.4) is 0 Å². The Morgan fingerprint density at radius 1 is 1.10 bits per heavy atom. The molecule has 0 aromatic heterocycles. The van der Waals surface area contributed by atoms with Gasteiger partial charge in [-0.3, -0.25) is 0 Å². The second-order valence-corrected chi connectivity index (χ2v) is 7.14. The van der Waals surface area contributed by atoms with E-state index in [0.717, 1.165) is 35.9 Å². The number of aliphatic hydroxyl groups excluding tert-OH is 1. The Bertz CT molecular complexity index is 741. The summed E-state index contributed by atoms with van der Waals surface area (Å²) in [5.41, 5.74) is 2.02. The Balaban J connectivity index is 0.00000450. The number of aliphatic hydroxyl groups is 1. The molecule has 0 heterocycles. The van der Waals surface area contributed by atoms with Crippen LogP contribution in [0, 0.1) is 0 Å². The van der Waals surface area contributed by atoms with Crippen LogP contribution in [-0.4, -0.2) is 56.3 Å². The molecular weight excluding hydrogens is 491 g/mol. The van der Waals surface area contributed by atoms with E-state index in [0.29, 0.717) is 26.1 Å². The van der Waals surface area contributed by atoms with E-state index in [1.165, 1.54) is 0 Å². The Labute approximate surface area is 197 Å². The van der Waals surface area contributed by atoms with Crippen molar-refractivity contribution in [1.82, 2.24) is 15.5 Å². The summed E-state index contributed by atoms with van der Waals surface area (Å²) in [6.45, 7) is 5.55. The van der Waals surface area contributed by atoms with Gasteiger partial charge in [0.25, 0.3) is 0 Å². The number of hydrogen-bond acceptors (Lipinski definition) is 4. The quantitative estimate of drug-likeness (QED) is 0.238. The molecule has 0 bridgehead atoms. The van der Waals surface area contributed by atoms with E-state index in [1.54, 1.807) is 0 Å². The first kappa shape index (κ1) is 26.2. The summed E-state index contributed by atoms with van der Waals surface area (Å²) >= 11 is 0. The molecule has 30 heavy (non-hydrogen) atoms. The molecule has 0 saturated carbocycles. The summed E-state index contributed by atoms with van der Waals surface area (Å²) < 4.78 is 5.80. The van der Waals surface area contributed by atoms with Crippen molar-refractivity contribution in [2.24, 2.45) is 4.99 Å². The number of benzene rings is 2. The summed E-state index contributed by atoms with van der Waals surface area (Å²) in [5.74, 6) is 1.61. The molecule has 6 nitrogen and oxygen atoms in total. The van der Waals surface area contributed by atoms with Crippen molar-refractivity contribution < 1.29 is 9.84 Å². The molecule has 2 aromatic carbocycles. The van der Waals surface area contributed by atoms with E-state index < -0.39 is 6.10 Å². The van der Waals surface area contributed by atoms with Crippen LogP contribution >= 0.6 is 24.0 Å². The average Bonchev–Trinajstić information content (AvgIpc) is 2.72. The highest BCUT2D eigenvalue weighted by molar-refractivity contribution is 14.0. The maximum Gasteiger partial charge on any atom is 0.191 e. The third kappa shape index (κ3) is 10.3. The van der Waals surface area contributed by atoms with Gasteiger partial charge in [-0.2, -0.15) is 0 Å². The largest absolute Gasteiger partial charge is 0.492 e. The number of nitrogens with zero attached hydrogens (tertiary/aromatic N) is 2. The summed E-state index contributed by atoms with van der Waals surface area (Å²) in [4.78, 5) is 6.75. The summed E-state index contributed by atoms with van der Waals surface area (Å²) in [6.07, 6.45) is 0.131. The Morgan fingerprint density at radius 2 is 1.87 bits per heavy atom. The smallest absolute Gasteiger partial charge is 0.191 e. The van der Waals surface area contributed by atoms with Crippen molar-refractivity contribution in [3.63, 3.8) is 0 Å². The fourth-order valence-electron chi connectivity index (χ4n) is 2.76. The zero-order valence-corrected chi connectivity index (χ0v) is 20.5. The number of nitrogens with one attached hydrogen (secondary N) is 2. The Kier molecular flexibility index (Phi) is 13.1. The van der Waals surface area contributed by atoms with Gasteiger partial charge < -0.3 is 25.4 Å². The van der Waals surface area contributed by atoms with E-state index in [2.05, 4.69) is 20.5 Å². The molecule has 0 amide bonds. The van der Waals surface area contributed by atoms with Crippen molar-refractivity contribution in [3.8, 4) is 5.75 Å². The molecular formula is C23H35IN4O2. The molecule has 0 aliphatic rings. The number of guanidine groups is 1. The number of halogens is 1. The van der Waals surface area contributed by atoms with Gasteiger partial charge in [0, 0.05) is 19.6 Å². The van der Waals surface area contributed by atoms with Crippen LogP contribution < -0.4 is 15.4 Å². The second-order valence-electron chi connectivity index (χ2n) is 7.14. The van der Waals surface area contributed by atoms with Gasteiger partial charge in [0.05, 0.1) is 12.6 Å². The molecule has 0 spiro atoms. The van der Waals surface area contributed by atoms with E-state index in [9.17, 15) is 5.11 Å². The number of aliphatic imine (C=N–C) groups is 1. The molecule has 0 saturated heterocycles. The van der Waals surface area contributed by atoms with Crippen molar-refractivity contribution in [1.29, 1.82) is 0 Å². The van der Waals surface area contributed by atoms with Crippen LogP contribution in [0.4, 0.5) is 0 Å². The van der Waals surface area contributed by atoms with Crippen LogP contribution in [0.15, 0.2) is 59.6 Å². The van der Waals surface area contributed by atoms with Gasteiger partial charge in [0.1, 0.15) is 12.4 Å². The van der Waals surface area contributed by atoms with Gasteiger partial charge >= 0.3 is 0 Å². The number of ether oxygens (including phenoxy) is 1. The number of hydrogen-bond donors (Lipinski definition) is 3. The molecule has 0 radical (unpaired) electrons. The van der Waals surface area contributed by atoms with Crippen LogP contribution in [0.5, 0.6) is 5.75 Å². The topological polar surface area (TPSA) is 69.1 Å². The van der Waals surface area contributed by atoms with Gasteiger partial charge in [-0.15, -0.1) is 24.0 Å². The molecule has 166 valence electrons. The van der Waals surface area contributed by atoms with E-state index in [1.807, 2.05) is 75.6 Å². The van der Waals surface area contributed by atoms with Gasteiger partial charge in [-0.25, -0.2) is 4.99 Å². The maximum absolute atomic E-state index is 10.3. The van der Waals surface area contributed by atoms with Gasteiger partial charge in [0.2, 0.25) is 0 Å². The third-order valence-corrected chi connectivity index (χ3v) is 4.36. The van der Waals surface area contributed by atoms with Gasteiger partial charge in [-0.05, 0) is 50.7 Å².